The Morgan fingerprint density at radius 1 is 1.56 bits per heavy atom. The van der Waals surface area contributed by atoms with Crippen LogP contribution in [0.5, 0.6) is 0 Å². The smallest absolute Gasteiger partial charge is 0.323 e. The van der Waals surface area contributed by atoms with E-state index in [1.165, 1.54) is 6.20 Å². The number of carboxylic acid groups (broad SMARTS) is 1. The molecule has 1 aromatic rings. The summed E-state index contributed by atoms with van der Waals surface area (Å²) in [6.07, 6.45) is 5.49. The van der Waals surface area contributed by atoms with Gasteiger partial charge in [0.15, 0.2) is 5.82 Å². The number of aliphatic carboxylic acids is 1. The first-order chi connectivity index (χ1) is 8.72. The summed E-state index contributed by atoms with van der Waals surface area (Å²) in [5, 5.41) is 25.7. The molecule has 6 heteroatoms. The number of rotatable bonds is 4. The molecule has 1 aromatic heterocycles. The molecule has 1 aliphatic carbocycles. The van der Waals surface area contributed by atoms with Crippen LogP contribution in [0.1, 0.15) is 31.2 Å². The molecule has 0 unspecified atom stereocenters. The van der Waals surface area contributed by atoms with E-state index >= 15 is 0 Å². The van der Waals surface area contributed by atoms with Gasteiger partial charge in [-0.05, 0) is 18.9 Å². The summed E-state index contributed by atoms with van der Waals surface area (Å²) in [5.41, 5.74) is 0.373. The number of hydrogen-bond donors (Lipinski definition) is 1. The van der Waals surface area contributed by atoms with Crippen molar-refractivity contribution in [3.05, 3.63) is 17.8 Å². The van der Waals surface area contributed by atoms with E-state index in [1.54, 1.807) is 11.0 Å². The van der Waals surface area contributed by atoms with E-state index in [0.717, 1.165) is 25.7 Å². The van der Waals surface area contributed by atoms with Crippen LogP contribution in [0.25, 0.3) is 0 Å². The van der Waals surface area contributed by atoms with Crippen LogP contribution in [0.3, 0.4) is 0 Å². The third-order valence-corrected chi connectivity index (χ3v) is 3.16. The van der Waals surface area contributed by atoms with Gasteiger partial charge in [0.1, 0.15) is 12.6 Å². The molecule has 0 amide bonds. The Kier molecular flexibility index (Phi) is 3.72. The van der Waals surface area contributed by atoms with E-state index in [-0.39, 0.29) is 12.6 Å². The van der Waals surface area contributed by atoms with Crippen LogP contribution in [0, 0.1) is 11.3 Å². The largest absolute Gasteiger partial charge is 0.480 e. The normalized spacial score (nSPS) is 15.3. The summed E-state index contributed by atoms with van der Waals surface area (Å²) in [7, 11) is 0. The topological polar surface area (TPSA) is 90.1 Å². The van der Waals surface area contributed by atoms with E-state index in [1.807, 2.05) is 6.07 Å². The standard InChI is InChI=1S/C12H14N4O2/c13-7-9-5-6-14-15-12(9)16(8-11(17)18)10-3-1-2-4-10/h5-6,10H,1-4,8H2,(H,17,18). The van der Waals surface area contributed by atoms with Crippen LogP contribution in [0.4, 0.5) is 5.82 Å². The monoisotopic (exact) mass is 246 g/mol. The van der Waals surface area contributed by atoms with Crippen LogP contribution >= 0.6 is 0 Å². The molecule has 0 bridgehead atoms. The second kappa shape index (κ2) is 5.45. The summed E-state index contributed by atoms with van der Waals surface area (Å²) in [5.74, 6) is -0.536. The molecule has 18 heavy (non-hydrogen) atoms. The molecule has 1 fully saturated rings. The van der Waals surface area contributed by atoms with E-state index < -0.39 is 5.97 Å². The fraction of sp³-hybridized carbons (Fsp3) is 0.500. The minimum absolute atomic E-state index is 0.141. The van der Waals surface area contributed by atoms with Crippen molar-refractivity contribution < 1.29 is 9.90 Å². The Labute approximate surface area is 105 Å². The van der Waals surface area contributed by atoms with Gasteiger partial charge in [0.25, 0.3) is 0 Å². The van der Waals surface area contributed by atoms with Crippen molar-refractivity contribution in [3.63, 3.8) is 0 Å². The Bertz CT molecular complexity index is 477. The molecule has 0 aliphatic heterocycles. The molecular formula is C12H14N4O2. The highest BCUT2D eigenvalue weighted by Crippen LogP contribution is 2.28. The predicted molar refractivity (Wildman–Crippen MR) is 64.0 cm³/mol. The number of hydrogen-bond acceptors (Lipinski definition) is 5. The van der Waals surface area contributed by atoms with E-state index in [2.05, 4.69) is 10.2 Å². The molecule has 2 rings (SSSR count). The molecule has 1 heterocycles. The molecule has 6 nitrogen and oxygen atoms in total. The van der Waals surface area contributed by atoms with Gasteiger partial charge < -0.3 is 10.0 Å². The predicted octanol–water partition coefficient (Wildman–Crippen LogP) is 1.18. The van der Waals surface area contributed by atoms with Gasteiger partial charge >= 0.3 is 5.97 Å². The van der Waals surface area contributed by atoms with Crippen LogP contribution < -0.4 is 4.90 Å². The highest BCUT2D eigenvalue weighted by Gasteiger charge is 2.27. The summed E-state index contributed by atoms with van der Waals surface area (Å²) in [6, 6.07) is 3.74. The SMILES string of the molecule is N#Cc1ccnnc1N(CC(=O)O)C1CCCC1. The fourth-order valence-electron chi connectivity index (χ4n) is 2.36. The van der Waals surface area contributed by atoms with Crippen molar-refractivity contribution in [1.82, 2.24) is 10.2 Å². The summed E-state index contributed by atoms with van der Waals surface area (Å²) in [6.45, 7) is -0.141. The molecule has 0 spiro atoms. The lowest BCUT2D eigenvalue weighted by Crippen LogP contribution is -2.38. The first-order valence-corrected chi connectivity index (χ1v) is 5.92. The minimum atomic E-state index is -0.920. The van der Waals surface area contributed by atoms with Crippen molar-refractivity contribution in [2.45, 2.75) is 31.7 Å². The molecule has 1 saturated carbocycles. The highest BCUT2D eigenvalue weighted by molar-refractivity contribution is 5.74. The minimum Gasteiger partial charge on any atom is -0.480 e. The average molecular weight is 246 g/mol. The maximum atomic E-state index is 11.0. The molecule has 0 saturated heterocycles. The van der Waals surface area contributed by atoms with Crippen LogP contribution in [0.15, 0.2) is 12.3 Å². The molecule has 1 N–H and O–H groups in total. The molecular weight excluding hydrogens is 232 g/mol. The third-order valence-electron chi connectivity index (χ3n) is 3.16. The Hall–Kier alpha value is -2.16. The van der Waals surface area contributed by atoms with Crippen LogP contribution in [-0.2, 0) is 4.79 Å². The maximum absolute atomic E-state index is 11.0. The first-order valence-electron chi connectivity index (χ1n) is 5.92. The van der Waals surface area contributed by atoms with Gasteiger partial charge in [0, 0.05) is 6.04 Å². The first kappa shape index (κ1) is 12.3. The van der Waals surface area contributed by atoms with Crippen molar-refractivity contribution in [3.8, 4) is 6.07 Å². The zero-order valence-corrected chi connectivity index (χ0v) is 9.91. The molecule has 94 valence electrons. The van der Waals surface area contributed by atoms with Crippen molar-refractivity contribution in [2.24, 2.45) is 0 Å². The fourth-order valence-corrected chi connectivity index (χ4v) is 2.36. The number of carbonyl (C=O) groups is 1. The van der Waals surface area contributed by atoms with Crippen LogP contribution in [0.2, 0.25) is 0 Å². The number of carboxylic acids is 1. The summed E-state index contributed by atoms with van der Waals surface area (Å²) in [4.78, 5) is 12.7. The lowest BCUT2D eigenvalue weighted by Gasteiger charge is -2.28. The molecule has 1 aliphatic rings. The molecule has 0 aromatic carbocycles. The zero-order chi connectivity index (χ0) is 13.0. The third kappa shape index (κ3) is 2.56. The lowest BCUT2D eigenvalue weighted by atomic mass is 10.2. The summed E-state index contributed by atoms with van der Waals surface area (Å²) >= 11 is 0. The second-order valence-electron chi connectivity index (χ2n) is 4.34. The van der Waals surface area contributed by atoms with E-state index in [9.17, 15) is 4.79 Å². The van der Waals surface area contributed by atoms with E-state index in [4.69, 9.17) is 10.4 Å². The number of aromatic nitrogens is 2. The summed E-state index contributed by atoms with van der Waals surface area (Å²) < 4.78 is 0. The lowest BCUT2D eigenvalue weighted by molar-refractivity contribution is -0.135. The Balaban J connectivity index is 2.32. The van der Waals surface area contributed by atoms with Gasteiger partial charge in [-0.15, -0.1) is 5.10 Å². The highest BCUT2D eigenvalue weighted by atomic mass is 16.4. The van der Waals surface area contributed by atoms with Crippen molar-refractivity contribution >= 4 is 11.8 Å². The van der Waals surface area contributed by atoms with E-state index in [0.29, 0.717) is 11.4 Å². The van der Waals surface area contributed by atoms with Gasteiger partial charge in [-0.2, -0.15) is 10.4 Å². The Morgan fingerprint density at radius 2 is 2.28 bits per heavy atom. The van der Waals surface area contributed by atoms with Crippen molar-refractivity contribution in [2.75, 3.05) is 11.4 Å². The second-order valence-corrected chi connectivity index (χ2v) is 4.34. The number of anilines is 1. The molecule has 0 atom stereocenters. The zero-order valence-electron chi connectivity index (χ0n) is 9.91. The van der Waals surface area contributed by atoms with Gasteiger partial charge in [0.2, 0.25) is 0 Å². The number of nitriles is 1. The van der Waals surface area contributed by atoms with Gasteiger partial charge in [-0.3, -0.25) is 4.79 Å². The van der Waals surface area contributed by atoms with Crippen LogP contribution in [-0.4, -0.2) is 33.9 Å². The molecule has 0 radical (unpaired) electrons. The number of nitrogens with zero attached hydrogens (tertiary/aromatic N) is 4. The van der Waals surface area contributed by atoms with Gasteiger partial charge in [0.05, 0.1) is 11.8 Å². The van der Waals surface area contributed by atoms with Gasteiger partial charge in [-0.1, -0.05) is 12.8 Å². The average Bonchev–Trinajstić information content (AvgIpc) is 2.89. The van der Waals surface area contributed by atoms with Crippen molar-refractivity contribution in [1.29, 1.82) is 5.26 Å². The Morgan fingerprint density at radius 3 is 2.89 bits per heavy atom. The van der Waals surface area contributed by atoms with Gasteiger partial charge in [-0.25, -0.2) is 0 Å². The maximum Gasteiger partial charge on any atom is 0.323 e. The quantitative estimate of drug-likeness (QED) is 0.858.